The molecule has 2 aromatic carbocycles. The molecule has 1 saturated heterocycles. The summed E-state index contributed by atoms with van der Waals surface area (Å²) in [4.78, 5) is 4.42. The van der Waals surface area contributed by atoms with Crippen LogP contribution in [0.1, 0.15) is 5.56 Å². The van der Waals surface area contributed by atoms with Crippen LogP contribution in [-0.4, -0.2) is 60.5 Å². The fraction of sp³-hybridized carbons (Fsp3) is 0.350. The Labute approximate surface area is 153 Å². The third-order valence-electron chi connectivity index (χ3n) is 4.49. The second-order valence-corrected chi connectivity index (χ2v) is 6.38. The van der Waals surface area contributed by atoms with E-state index in [0.717, 1.165) is 31.9 Å². The molecule has 0 aromatic heterocycles. The van der Waals surface area contributed by atoms with Gasteiger partial charge in [-0.3, -0.25) is 4.90 Å². The molecule has 136 valence electrons. The Hall–Kier alpha value is -2.75. The molecule has 6 heteroatoms. The molecule has 3 rings (SSSR count). The van der Waals surface area contributed by atoms with Crippen molar-refractivity contribution in [2.75, 3.05) is 44.2 Å². The minimum atomic E-state index is -0.582. The molecule has 6 nitrogen and oxygen atoms in total. The molecule has 0 unspecified atom stereocenters. The molecule has 26 heavy (non-hydrogen) atoms. The number of hydrogen-bond acceptors (Lipinski definition) is 6. The van der Waals surface area contributed by atoms with Crippen LogP contribution in [0.3, 0.4) is 0 Å². The average Bonchev–Trinajstić information content (AvgIpc) is 2.68. The summed E-state index contributed by atoms with van der Waals surface area (Å²) in [5.41, 5.74) is 1.68. The molecule has 0 amide bonds. The largest absolute Gasteiger partial charge is 0.508 e. The molecule has 1 atom stereocenters. The highest BCUT2D eigenvalue weighted by atomic mass is 16.5. The van der Waals surface area contributed by atoms with Crippen LogP contribution >= 0.6 is 0 Å². The number of rotatable bonds is 6. The van der Waals surface area contributed by atoms with Gasteiger partial charge in [-0.05, 0) is 36.4 Å². The van der Waals surface area contributed by atoms with Crippen LogP contribution < -0.4 is 9.64 Å². The Bertz CT molecular complexity index is 750. The van der Waals surface area contributed by atoms with E-state index in [-0.39, 0.29) is 12.4 Å². The minimum Gasteiger partial charge on any atom is -0.508 e. The number of aromatic hydroxyl groups is 1. The van der Waals surface area contributed by atoms with Crippen LogP contribution in [0.15, 0.2) is 48.5 Å². The molecular formula is C20H23N3O3. The number of nitriles is 1. The number of para-hydroxylation sites is 1. The van der Waals surface area contributed by atoms with E-state index in [9.17, 15) is 15.5 Å². The smallest absolute Gasteiger partial charge is 0.119 e. The molecule has 1 fully saturated rings. The fourth-order valence-corrected chi connectivity index (χ4v) is 3.10. The summed E-state index contributed by atoms with van der Waals surface area (Å²) in [6, 6.07) is 16.4. The number of piperazine rings is 1. The van der Waals surface area contributed by atoms with Gasteiger partial charge in [0.1, 0.15) is 30.3 Å². The molecular weight excluding hydrogens is 330 g/mol. The van der Waals surface area contributed by atoms with Gasteiger partial charge in [0.25, 0.3) is 0 Å². The van der Waals surface area contributed by atoms with Gasteiger partial charge in [-0.2, -0.15) is 5.26 Å². The number of β-amino-alcohol motifs (C(OH)–C–C–N with tert-alkyl or cyclic N) is 1. The van der Waals surface area contributed by atoms with Crippen LogP contribution in [0.25, 0.3) is 0 Å². The third kappa shape index (κ3) is 4.66. The van der Waals surface area contributed by atoms with Crippen molar-refractivity contribution in [1.82, 2.24) is 4.90 Å². The normalized spacial score (nSPS) is 16.1. The summed E-state index contributed by atoms with van der Waals surface area (Å²) in [7, 11) is 0. The van der Waals surface area contributed by atoms with Crippen molar-refractivity contribution in [3.63, 3.8) is 0 Å². The van der Waals surface area contributed by atoms with E-state index in [1.807, 2.05) is 24.3 Å². The van der Waals surface area contributed by atoms with Gasteiger partial charge in [-0.25, -0.2) is 0 Å². The Balaban J connectivity index is 1.45. The molecule has 0 saturated carbocycles. The number of anilines is 1. The van der Waals surface area contributed by atoms with Crippen molar-refractivity contribution in [2.45, 2.75) is 6.10 Å². The molecule has 1 aliphatic heterocycles. The van der Waals surface area contributed by atoms with Gasteiger partial charge in [0, 0.05) is 32.7 Å². The maximum atomic E-state index is 10.2. The summed E-state index contributed by atoms with van der Waals surface area (Å²) < 4.78 is 5.55. The Morgan fingerprint density at radius 3 is 2.42 bits per heavy atom. The zero-order chi connectivity index (χ0) is 18.4. The molecule has 0 aliphatic carbocycles. The van der Waals surface area contributed by atoms with E-state index in [0.29, 0.717) is 17.9 Å². The van der Waals surface area contributed by atoms with Gasteiger partial charge in [0.05, 0.1) is 11.3 Å². The first-order valence-electron chi connectivity index (χ1n) is 8.72. The molecule has 2 N–H and O–H groups in total. The lowest BCUT2D eigenvalue weighted by Crippen LogP contribution is -2.49. The Kier molecular flexibility index (Phi) is 5.95. The highest BCUT2D eigenvalue weighted by Gasteiger charge is 2.21. The van der Waals surface area contributed by atoms with Crippen molar-refractivity contribution >= 4 is 5.69 Å². The Morgan fingerprint density at radius 2 is 1.73 bits per heavy atom. The van der Waals surface area contributed by atoms with Gasteiger partial charge in [-0.1, -0.05) is 12.1 Å². The SMILES string of the molecule is N#Cc1ccccc1N1CCN(C[C@@H](O)COc2ccc(O)cc2)CC1. The lowest BCUT2D eigenvalue weighted by atomic mass is 10.1. The number of benzene rings is 2. The topological polar surface area (TPSA) is 80.0 Å². The van der Waals surface area contributed by atoms with E-state index >= 15 is 0 Å². The lowest BCUT2D eigenvalue weighted by molar-refractivity contribution is 0.0663. The molecule has 1 aliphatic rings. The Morgan fingerprint density at radius 1 is 1.04 bits per heavy atom. The number of nitrogens with zero attached hydrogens (tertiary/aromatic N) is 3. The first-order chi connectivity index (χ1) is 12.7. The van der Waals surface area contributed by atoms with Gasteiger partial charge in [0.2, 0.25) is 0 Å². The number of hydrogen-bond donors (Lipinski definition) is 2. The number of aliphatic hydroxyl groups excluding tert-OH is 1. The second-order valence-electron chi connectivity index (χ2n) is 6.38. The van der Waals surface area contributed by atoms with Crippen molar-refractivity contribution in [1.29, 1.82) is 5.26 Å². The number of phenols is 1. The molecule has 0 radical (unpaired) electrons. The number of ether oxygens (including phenoxy) is 1. The molecule has 0 bridgehead atoms. The highest BCUT2D eigenvalue weighted by molar-refractivity contribution is 5.59. The van der Waals surface area contributed by atoms with Crippen LogP contribution in [0.5, 0.6) is 11.5 Å². The molecule has 2 aromatic rings. The minimum absolute atomic E-state index is 0.189. The van der Waals surface area contributed by atoms with E-state index < -0.39 is 6.10 Å². The number of aliphatic hydroxyl groups is 1. The zero-order valence-electron chi connectivity index (χ0n) is 14.6. The average molecular weight is 353 g/mol. The second kappa shape index (κ2) is 8.56. The maximum Gasteiger partial charge on any atom is 0.119 e. The number of phenolic OH excluding ortho intramolecular Hbond substituents is 1. The first kappa shape index (κ1) is 18.1. The first-order valence-corrected chi connectivity index (χ1v) is 8.72. The van der Waals surface area contributed by atoms with Crippen molar-refractivity contribution in [2.24, 2.45) is 0 Å². The summed E-state index contributed by atoms with van der Waals surface area (Å²) >= 11 is 0. The fourth-order valence-electron chi connectivity index (χ4n) is 3.10. The van der Waals surface area contributed by atoms with Crippen LogP contribution in [0, 0.1) is 11.3 Å². The van der Waals surface area contributed by atoms with E-state index in [1.165, 1.54) is 0 Å². The van der Waals surface area contributed by atoms with Gasteiger partial charge in [0.15, 0.2) is 0 Å². The molecule has 1 heterocycles. The lowest BCUT2D eigenvalue weighted by Gasteiger charge is -2.37. The highest BCUT2D eigenvalue weighted by Crippen LogP contribution is 2.21. The predicted molar refractivity (Wildman–Crippen MR) is 99.4 cm³/mol. The van der Waals surface area contributed by atoms with Crippen LogP contribution in [0.4, 0.5) is 5.69 Å². The predicted octanol–water partition coefficient (Wildman–Crippen LogP) is 1.83. The van der Waals surface area contributed by atoms with Crippen molar-refractivity contribution in [3.05, 3.63) is 54.1 Å². The van der Waals surface area contributed by atoms with Crippen LogP contribution in [0.2, 0.25) is 0 Å². The summed E-state index contributed by atoms with van der Waals surface area (Å²) in [5, 5.41) is 28.7. The van der Waals surface area contributed by atoms with Crippen molar-refractivity contribution in [3.8, 4) is 17.6 Å². The van der Waals surface area contributed by atoms with Gasteiger partial charge < -0.3 is 19.8 Å². The van der Waals surface area contributed by atoms with Gasteiger partial charge >= 0.3 is 0 Å². The van der Waals surface area contributed by atoms with Crippen LogP contribution in [-0.2, 0) is 0 Å². The summed E-state index contributed by atoms with van der Waals surface area (Å²) in [6.07, 6.45) is -0.582. The van der Waals surface area contributed by atoms with Gasteiger partial charge in [-0.15, -0.1) is 0 Å². The standard InChI is InChI=1S/C20H23N3O3/c21-13-16-3-1-2-4-20(16)23-11-9-22(10-12-23)14-18(25)15-26-19-7-5-17(24)6-8-19/h1-8,18,24-25H,9-12,14-15H2/t18-/m1/s1. The molecule has 0 spiro atoms. The quantitative estimate of drug-likeness (QED) is 0.825. The van der Waals surface area contributed by atoms with E-state index in [1.54, 1.807) is 24.3 Å². The van der Waals surface area contributed by atoms with Crippen molar-refractivity contribution < 1.29 is 14.9 Å². The van der Waals surface area contributed by atoms with E-state index in [2.05, 4.69) is 15.9 Å². The zero-order valence-corrected chi connectivity index (χ0v) is 14.6. The monoisotopic (exact) mass is 353 g/mol. The third-order valence-corrected chi connectivity index (χ3v) is 4.49. The summed E-state index contributed by atoms with van der Waals surface area (Å²) in [6.45, 7) is 4.06. The summed E-state index contributed by atoms with van der Waals surface area (Å²) in [5.74, 6) is 0.813. The van der Waals surface area contributed by atoms with E-state index in [4.69, 9.17) is 4.74 Å². The maximum absolute atomic E-state index is 10.2.